The molecule has 32 heavy (non-hydrogen) atoms. The molecule has 0 heterocycles. The number of anilines is 1. The monoisotopic (exact) mass is 476 g/mol. The molecule has 9 heteroatoms. The van der Waals surface area contributed by atoms with Crippen LogP contribution in [0.2, 0.25) is 5.02 Å². The summed E-state index contributed by atoms with van der Waals surface area (Å²) in [6, 6.07) is 16.6. The summed E-state index contributed by atoms with van der Waals surface area (Å²) in [4.78, 5) is 12.6. The van der Waals surface area contributed by atoms with Crippen LogP contribution in [-0.4, -0.2) is 28.0 Å². The summed E-state index contributed by atoms with van der Waals surface area (Å²) in [5.74, 6) is -0.743. The second-order valence-corrected chi connectivity index (χ2v) is 9.31. The van der Waals surface area contributed by atoms with Crippen LogP contribution < -0.4 is 14.4 Å². The molecule has 0 saturated heterocycles. The fourth-order valence-electron chi connectivity index (χ4n) is 3.02. The molecule has 0 atom stereocenters. The van der Waals surface area contributed by atoms with Gasteiger partial charge in [0.1, 0.15) is 23.0 Å². The van der Waals surface area contributed by atoms with Crippen molar-refractivity contribution in [3.63, 3.8) is 0 Å². The van der Waals surface area contributed by atoms with Crippen LogP contribution in [0, 0.1) is 12.7 Å². The van der Waals surface area contributed by atoms with E-state index in [4.69, 9.17) is 16.3 Å². The van der Waals surface area contributed by atoms with Gasteiger partial charge in [-0.25, -0.2) is 12.8 Å². The highest BCUT2D eigenvalue weighted by molar-refractivity contribution is 7.93. The summed E-state index contributed by atoms with van der Waals surface area (Å²) in [5, 5.41) is 3.10. The molecule has 3 aromatic rings. The quantitative estimate of drug-likeness (QED) is 0.525. The van der Waals surface area contributed by atoms with Gasteiger partial charge in [0.25, 0.3) is 10.0 Å². The third-order valence-corrected chi connectivity index (χ3v) is 6.74. The zero-order valence-electron chi connectivity index (χ0n) is 17.5. The predicted octanol–water partition coefficient (Wildman–Crippen LogP) is 4.31. The first-order chi connectivity index (χ1) is 15.2. The number of carbonyl (C=O) groups is 1. The Hall–Kier alpha value is -3.10. The zero-order chi connectivity index (χ0) is 23.3. The molecule has 0 spiro atoms. The molecule has 0 aliphatic carbocycles. The lowest BCUT2D eigenvalue weighted by Crippen LogP contribution is -2.40. The van der Waals surface area contributed by atoms with Crippen molar-refractivity contribution in [2.24, 2.45) is 0 Å². The molecule has 3 rings (SSSR count). The molecule has 0 aliphatic heterocycles. The first kappa shape index (κ1) is 23.6. The van der Waals surface area contributed by atoms with Gasteiger partial charge in [0.15, 0.2) is 0 Å². The maximum atomic E-state index is 13.6. The van der Waals surface area contributed by atoms with Gasteiger partial charge in [-0.05, 0) is 66.6 Å². The lowest BCUT2D eigenvalue weighted by atomic mass is 10.2. The van der Waals surface area contributed by atoms with Crippen molar-refractivity contribution in [2.75, 3.05) is 18.0 Å². The summed E-state index contributed by atoms with van der Waals surface area (Å²) in [6.07, 6.45) is 0. The van der Waals surface area contributed by atoms with Gasteiger partial charge in [-0.1, -0.05) is 29.8 Å². The first-order valence-electron chi connectivity index (χ1n) is 9.65. The number of hydrogen-bond acceptors (Lipinski definition) is 4. The number of rotatable bonds is 8. The van der Waals surface area contributed by atoms with Crippen molar-refractivity contribution in [2.45, 2.75) is 18.4 Å². The van der Waals surface area contributed by atoms with Crippen molar-refractivity contribution in [3.8, 4) is 5.75 Å². The predicted molar refractivity (Wildman–Crippen MR) is 122 cm³/mol. The third kappa shape index (κ3) is 5.57. The molecule has 0 aromatic heterocycles. The minimum absolute atomic E-state index is 0.0544. The molecule has 6 nitrogen and oxygen atoms in total. The maximum Gasteiger partial charge on any atom is 0.268 e. The van der Waals surface area contributed by atoms with Crippen LogP contribution in [0.25, 0.3) is 0 Å². The van der Waals surface area contributed by atoms with Crippen molar-refractivity contribution in [3.05, 3.63) is 88.7 Å². The van der Waals surface area contributed by atoms with Crippen molar-refractivity contribution in [1.29, 1.82) is 0 Å². The Morgan fingerprint density at radius 2 is 1.72 bits per heavy atom. The lowest BCUT2D eigenvalue weighted by molar-refractivity contribution is -0.119. The van der Waals surface area contributed by atoms with E-state index in [2.05, 4.69) is 5.32 Å². The van der Waals surface area contributed by atoms with Crippen LogP contribution in [0.5, 0.6) is 5.75 Å². The fourth-order valence-corrected chi connectivity index (χ4v) is 4.81. The van der Waals surface area contributed by atoms with Crippen molar-refractivity contribution in [1.82, 2.24) is 5.32 Å². The number of methoxy groups -OCH3 is 1. The largest absolute Gasteiger partial charge is 0.495 e. The number of sulfonamides is 1. The highest BCUT2D eigenvalue weighted by Crippen LogP contribution is 2.31. The van der Waals surface area contributed by atoms with Gasteiger partial charge in [-0.15, -0.1) is 0 Å². The van der Waals surface area contributed by atoms with Crippen LogP contribution in [0.15, 0.2) is 71.6 Å². The first-order valence-corrected chi connectivity index (χ1v) is 11.5. The van der Waals surface area contributed by atoms with E-state index in [-0.39, 0.29) is 28.7 Å². The molecule has 0 saturated carbocycles. The van der Waals surface area contributed by atoms with E-state index in [0.717, 1.165) is 9.87 Å². The van der Waals surface area contributed by atoms with Gasteiger partial charge in [0.2, 0.25) is 5.91 Å². The molecule has 168 valence electrons. The second-order valence-electron chi connectivity index (χ2n) is 7.05. The molecule has 0 fully saturated rings. The number of ether oxygens (including phenoxy) is 1. The normalized spacial score (nSPS) is 11.1. The fraction of sp³-hybridized carbons (Fsp3) is 0.174. The molecule has 1 amide bonds. The average molecular weight is 477 g/mol. The Kier molecular flexibility index (Phi) is 7.37. The summed E-state index contributed by atoms with van der Waals surface area (Å²) in [5.41, 5.74) is 1.68. The molecule has 3 aromatic carbocycles. The van der Waals surface area contributed by atoms with Crippen LogP contribution in [0.3, 0.4) is 0 Å². The van der Waals surface area contributed by atoms with Crippen LogP contribution >= 0.6 is 11.6 Å². The van der Waals surface area contributed by atoms with Crippen LogP contribution in [-0.2, 0) is 21.4 Å². The molecular formula is C23H22ClFN2O4S. The average Bonchev–Trinajstić information content (AvgIpc) is 2.77. The molecule has 1 N–H and O–H groups in total. The number of amides is 1. The van der Waals surface area contributed by atoms with Gasteiger partial charge in [-0.3, -0.25) is 9.10 Å². The Balaban J connectivity index is 1.92. The van der Waals surface area contributed by atoms with Gasteiger partial charge in [-0.2, -0.15) is 0 Å². The molecular weight excluding hydrogens is 455 g/mol. The Morgan fingerprint density at radius 1 is 1.06 bits per heavy atom. The number of aryl methyl sites for hydroxylation is 1. The summed E-state index contributed by atoms with van der Waals surface area (Å²) < 4.78 is 46.5. The van der Waals surface area contributed by atoms with E-state index < -0.39 is 22.5 Å². The molecule has 0 unspecified atom stereocenters. The van der Waals surface area contributed by atoms with Crippen LogP contribution in [0.1, 0.15) is 11.1 Å². The standard InChI is InChI=1S/C23H22ClFN2O4S/c1-16-3-12-21(31-2)22(13-16)32(29,30)27(20-10-6-18(24)7-11-20)15-23(28)26-14-17-4-8-19(25)9-5-17/h3-13H,14-15H2,1-2H3,(H,26,28). The van der Waals surface area contributed by atoms with E-state index in [1.807, 2.05) is 0 Å². The van der Waals surface area contributed by atoms with E-state index in [1.165, 1.54) is 37.4 Å². The minimum Gasteiger partial charge on any atom is -0.495 e. The Bertz CT molecular complexity index is 1200. The van der Waals surface area contributed by atoms with Gasteiger partial charge < -0.3 is 10.1 Å². The Morgan fingerprint density at radius 3 is 2.34 bits per heavy atom. The minimum atomic E-state index is -4.16. The smallest absolute Gasteiger partial charge is 0.268 e. The number of halogens is 2. The highest BCUT2D eigenvalue weighted by Gasteiger charge is 2.30. The molecule has 0 aliphatic rings. The van der Waals surface area contributed by atoms with E-state index in [0.29, 0.717) is 10.6 Å². The number of nitrogens with zero attached hydrogens (tertiary/aromatic N) is 1. The van der Waals surface area contributed by atoms with Gasteiger partial charge in [0, 0.05) is 11.6 Å². The zero-order valence-corrected chi connectivity index (χ0v) is 19.1. The number of hydrogen-bond donors (Lipinski definition) is 1. The van der Waals surface area contributed by atoms with Gasteiger partial charge >= 0.3 is 0 Å². The Labute approximate surface area is 191 Å². The molecule has 0 radical (unpaired) electrons. The molecule has 0 bridgehead atoms. The van der Waals surface area contributed by atoms with E-state index in [1.54, 1.807) is 43.3 Å². The van der Waals surface area contributed by atoms with E-state index >= 15 is 0 Å². The summed E-state index contributed by atoms with van der Waals surface area (Å²) in [7, 11) is -2.78. The highest BCUT2D eigenvalue weighted by atomic mass is 35.5. The van der Waals surface area contributed by atoms with Gasteiger partial charge in [0.05, 0.1) is 12.8 Å². The maximum absolute atomic E-state index is 13.6. The van der Waals surface area contributed by atoms with E-state index in [9.17, 15) is 17.6 Å². The number of carbonyl (C=O) groups excluding carboxylic acids is 1. The number of benzene rings is 3. The third-order valence-electron chi connectivity index (χ3n) is 4.69. The lowest BCUT2D eigenvalue weighted by Gasteiger charge is -2.25. The SMILES string of the molecule is COc1ccc(C)cc1S(=O)(=O)N(CC(=O)NCc1ccc(F)cc1)c1ccc(Cl)cc1. The topological polar surface area (TPSA) is 75.7 Å². The van der Waals surface area contributed by atoms with Crippen molar-refractivity contribution < 1.29 is 22.3 Å². The summed E-state index contributed by atoms with van der Waals surface area (Å²) in [6.45, 7) is 1.42. The van der Waals surface area contributed by atoms with Crippen molar-refractivity contribution >= 4 is 33.2 Å². The summed E-state index contributed by atoms with van der Waals surface area (Å²) >= 11 is 5.96. The van der Waals surface area contributed by atoms with Crippen LogP contribution in [0.4, 0.5) is 10.1 Å². The second kappa shape index (κ2) is 10.0. The number of nitrogens with one attached hydrogen (secondary N) is 1.